The molecule has 0 spiro atoms. The van der Waals surface area contributed by atoms with Crippen molar-refractivity contribution in [2.75, 3.05) is 0 Å². The van der Waals surface area contributed by atoms with Crippen LogP contribution in [0, 0.1) is 5.41 Å². The number of nitrogens with zero attached hydrogens (tertiary/aromatic N) is 3. The Morgan fingerprint density at radius 1 is 1.19 bits per heavy atom. The molecular weight excluding hydrogens is 440 g/mol. The molecule has 164 valence electrons. The van der Waals surface area contributed by atoms with Gasteiger partial charge in [0.05, 0.1) is 16.4 Å². The van der Waals surface area contributed by atoms with E-state index in [2.05, 4.69) is 15.4 Å². The maximum Gasteiger partial charge on any atom is 0.404 e. The van der Waals surface area contributed by atoms with Crippen molar-refractivity contribution >= 4 is 27.5 Å². The molecule has 1 atom stereocenters. The number of nitrogens with one attached hydrogen (secondary N) is 1. The number of carbonyl (C=O) groups is 1. The molecule has 2 N–H and O–H groups in total. The Balaban J connectivity index is 2.15. The third-order valence-electron chi connectivity index (χ3n) is 4.75. The number of sulfone groups is 1. The SMILES string of the molecule is CC(C)(C)C(Cc1cc(S(=O)(=O)c2ccccn2)n(-c2ccccc2Cl)n1)NC(=O)O. The molecule has 0 aliphatic rings. The number of halogens is 1. The first-order chi connectivity index (χ1) is 14.5. The van der Waals surface area contributed by atoms with E-state index in [1.807, 2.05) is 20.8 Å². The highest BCUT2D eigenvalue weighted by molar-refractivity contribution is 7.91. The van der Waals surface area contributed by atoms with Crippen LogP contribution in [0.2, 0.25) is 5.02 Å². The first kappa shape index (κ1) is 22.8. The van der Waals surface area contributed by atoms with Gasteiger partial charge >= 0.3 is 6.09 Å². The van der Waals surface area contributed by atoms with E-state index >= 15 is 0 Å². The molecule has 1 amide bonds. The fraction of sp³-hybridized carbons (Fsp3) is 0.286. The van der Waals surface area contributed by atoms with Gasteiger partial charge in [0.15, 0.2) is 10.1 Å². The van der Waals surface area contributed by atoms with Crippen LogP contribution in [0.25, 0.3) is 5.69 Å². The molecule has 31 heavy (non-hydrogen) atoms. The van der Waals surface area contributed by atoms with Crippen molar-refractivity contribution in [1.82, 2.24) is 20.1 Å². The number of aromatic nitrogens is 3. The van der Waals surface area contributed by atoms with Crippen molar-refractivity contribution in [2.45, 2.75) is 43.3 Å². The van der Waals surface area contributed by atoms with Gasteiger partial charge in [-0.25, -0.2) is 22.9 Å². The second-order valence-corrected chi connectivity index (χ2v) is 10.3. The van der Waals surface area contributed by atoms with Crippen LogP contribution in [0.15, 0.2) is 64.8 Å². The zero-order valence-corrected chi connectivity index (χ0v) is 18.9. The summed E-state index contributed by atoms with van der Waals surface area (Å²) in [6, 6.07) is 12.3. The normalized spacial score (nSPS) is 13.0. The van der Waals surface area contributed by atoms with E-state index in [0.29, 0.717) is 16.4 Å². The zero-order chi connectivity index (χ0) is 22.8. The Kier molecular flexibility index (Phi) is 6.38. The molecule has 0 bridgehead atoms. The minimum atomic E-state index is -4.01. The highest BCUT2D eigenvalue weighted by Gasteiger charge is 2.31. The van der Waals surface area contributed by atoms with Gasteiger partial charge in [-0.2, -0.15) is 5.10 Å². The van der Waals surface area contributed by atoms with Crippen molar-refractivity contribution in [3.63, 3.8) is 0 Å². The Bertz CT molecular complexity index is 1190. The molecule has 10 heteroatoms. The Morgan fingerprint density at radius 2 is 1.87 bits per heavy atom. The van der Waals surface area contributed by atoms with Crippen LogP contribution in [0.4, 0.5) is 4.79 Å². The summed E-state index contributed by atoms with van der Waals surface area (Å²) in [5, 5.41) is 16.3. The van der Waals surface area contributed by atoms with E-state index in [9.17, 15) is 18.3 Å². The standard InChI is InChI=1S/C21H23ClN4O4S/c1-21(2,3)17(24-20(27)28)12-14-13-19(31(29,30)18-10-6-7-11-23-18)26(25-14)16-9-5-4-8-15(16)22/h4-11,13,17,24H,12H2,1-3H3,(H,27,28). The van der Waals surface area contributed by atoms with E-state index in [1.165, 1.54) is 23.0 Å². The molecule has 0 saturated carbocycles. The molecule has 8 nitrogen and oxygen atoms in total. The Labute approximate surface area is 185 Å². The third-order valence-corrected chi connectivity index (χ3v) is 6.71. The minimum absolute atomic E-state index is 0.0997. The van der Waals surface area contributed by atoms with Crippen molar-refractivity contribution in [3.05, 3.63) is 65.4 Å². The quantitative estimate of drug-likeness (QED) is 0.572. The topological polar surface area (TPSA) is 114 Å². The van der Waals surface area contributed by atoms with Crippen LogP contribution in [0.3, 0.4) is 0 Å². The van der Waals surface area contributed by atoms with Crippen LogP contribution in [0.5, 0.6) is 0 Å². The average Bonchev–Trinajstić information content (AvgIpc) is 3.12. The van der Waals surface area contributed by atoms with Crippen LogP contribution < -0.4 is 5.32 Å². The number of rotatable bonds is 6. The van der Waals surface area contributed by atoms with Gasteiger partial charge in [-0.05, 0) is 35.7 Å². The predicted molar refractivity (Wildman–Crippen MR) is 116 cm³/mol. The van der Waals surface area contributed by atoms with Crippen LogP contribution in [-0.2, 0) is 16.3 Å². The monoisotopic (exact) mass is 462 g/mol. The lowest BCUT2D eigenvalue weighted by molar-refractivity contribution is 0.174. The van der Waals surface area contributed by atoms with Gasteiger partial charge in [-0.1, -0.05) is 50.6 Å². The third kappa shape index (κ3) is 5.05. The summed E-state index contributed by atoms with van der Waals surface area (Å²) >= 11 is 6.32. The number of benzene rings is 1. The summed E-state index contributed by atoms with van der Waals surface area (Å²) in [4.78, 5) is 15.3. The maximum absolute atomic E-state index is 13.3. The summed E-state index contributed by atoms with van der Waals surface area (Å²) in [6.45, 7) is 5.68. The molecule has 3 rings (SSSR count). The largest absolute Gasteiger partial charge is 0.465 e. The molecule has 0 saturated heterocycles. The number of carboxylic acid groups (broad SMARTS) is 1. The zero-order valence-electron chi connectivity index (χ0n) is 17.3. The highest BCUT2D eigenvalue weighted by atomic mass is 35.5. The average molecular weight is 463 g/mol. The molecule has 0 radical (unpaired) electrons. The van der Waals surface area contributed by atoms with E-state index < -0.39 is 27.4 Å². The lowest BCUT2D eigenvalue weighted by atomic mass is 9.84. The summed E-state index contributed by atoms with van der Waals surface area (Å²) in [6.07, 6.45) is 0.431. The lowest BCUT2D eigenvalue weighted by Gasteiger charge is -2.29. The summed E-state index contributed by atoms with van der Waals surface area (Å²) in [7, 11) is -4.01. The number of pyridine rings is 1. The molecule has 0 aliphatic heterocycles. The first-order valence-corrected chi connectivity index (χ1v) is 11.4. The van der Waals surface area contributed by atoms with E-state index in [4.69, 9.17) is 11.6 Å². The fourth-order valence-electron chi connectivity index (χ4n) is 3.04. The van der Waals surface area contributed by atoms with Crippen LogP contribution in [-0.4, -0.2) is 40.4 Å². The second kappa shape index (κ2) is 8.68. The van der Waals surface area contributed by atoms with Crippen LogP contribution >= 0.6 is 11.6 Å². The van der Waals surface area contributed by atoms with Gasteiger partial charge in [0.25, 0.3) is 0 Å². The van der Waals surface area contributed by atoms with Gasteiger partial charge in [-0.15, -0.1) is 0 Å². The number of hydrogen-bond acceptors (Lipinski definition) is 5. The Morgan fingerprint density at radius 3 is 2.45 bits per heavy atom. The van der Waals surface area contributed by atoms with E-state index in [0.717, 1.165) is 0 Å². The van der Waals surface area contributed by atoms with Crippen molar-refractivity contribution in [2.24, 2.45) is 5.41 Å². The molecular formula is C21H23ClN4O4S. The molecule has 2 aromatic heterocycles. The second-order valence-electron chi connectivity index (χ2n) is 8.08. The fourth-order valence-corrected chi connectivity index (χ4v) is 4.59. The van der Waals surface area contributed by atoms with Gasteiger partial charge in [0.1, 0.15) is 0 Å². The van der Waals surface area contributed by atoms with Crippen molar-refractivity contribution in [1.29, 1.82) is 0 Å². The minimum Gasteiger partial charge on any atom is -0.465 e. The van der Waals surface area contributed by atoms with Crippen molar-refractivity contribution in [3.8, 4) is 5.69 Å². The van der Waals surface area contributed by atoms with Gasteiger partial charge in [-0.3, -0.25) is 0 Å². The van der Waals surface area contributed by atoms with Crippen LogP contribution in [0.1, 0.15) is 26.5 Å². The molecule has 1 unspecified atom stereocenters. The first-order valence-electron chi connectivity index (χ1n) is 9.49. The predicted octanol–water partition coefficient (Wildman–Crippen LogP) is 3.98. The summed E-state index contributed by atoms with van der Waals surface area (Å²) in [5.74, 6) is 0. The number of amides is 1. The molecule has 2 heterocycles. The number of hydrogen-bond donors (Lipinski definition) is 2. The molecule has 1 aromatic carbocycles. The molecule has 3 aromatic rings. The molecule has 0 fully saturated rings. The summed E-state index contributed by atoms with van der Waals surface area (Å²) < 4.78 is 27.9. The molecule has 0 aliphatic carbocycles. The highest BCUT2D eigenvalue weighted by Crippen LogP contribution is 2.29. The van der Waals surface area contributed by atoms with Gasteiger partial charge in [0, 0.05) is 18.7 Å². The lowest BCUT2D eigenvalue weighted by Crippen LogP contribution is -2.44. The van der Waals surface area contributed by atoms with Crippen molar-refractivity contribution < 1.29 is 18.3 Å². The van der Waals surface area contributed by atoms with Gasteiger partial charge < -0.3 is 10.4 Å². The smallest absolute Gasteiger partial charge is 0.404 e. The summed E-state index contributed by atoms with van der Waals surface area (Å²) in [5.41, 5.74) is 0.374. The van der Waals surface area contributed by atoms with E-state index in [-0.39, 0.29) is 16.5 Å². The van der Waals surface area contributed by atoms with Gasteiger partial charge in [0.2, 0.25) is 9.84 Å². The van der Waals surface area contributed by atoms with E-state index in [1.54, 1.807) is 36.4 Å². The maximum atomic E-state index is 13.3. The number of para-hydroxylation sites is 1. The Hall–Kier alpha value is -2.91.